The van der Waals surface area contributed by atoms with Crippen LogP contribution in [0, 0.1) is 27.3 Å². The third-order valence-electron chi connectivity index (χ3n) is 2.93. The molecule has 1 atom stereocenters. The van der Waals surface area contributed by atoms with Gasteiger partial charge in [0.25, 0.3) is 0 Å². The largest absolute Gasteiger partial charge is 0.358 e. The highest BCUT2D eigenvalue weighted by Gasteiger charge is 2.22. The van der Waals surface area contributed by atoms with Crippen LogP contribution >= 0.6 is 0 Å². The normalized spacial score (nSPS) is 11.5. The zero-order chi connectivity index (χ0) is 15.4. The van der Waals surface area contributed by atoms with Gasteiger partial charge in [-0.15, -0.1) is 0 Å². The van der Waals surface area contributed by atoms with Crippen molar-refractivity contribution >= 4 is 11.5 Å². The number of nitro groups is 1. The number of aromatic nitrogens is 1. The number of hydrogen-bond acceptors (Lipinski definition) is 5. The van der Waals surface area contributed by atoms with E-state index >= 15 is 0 Å². The molecular weight excluding hydrogens is 275 g/mol. The Labute approximate surface area is 120 Å². The third-order valence-corrected chi connectivity index (χ3v) is 2.93. The smallest absolute Gasteiger partial charge is 0.328 e. The number of hydrogen-bond donors (Lipinski definition) is 1. The zero-order valence-electron chi connectivity index (χ0n) is 11.1. The minimum absolute atomic E-state index is 0.0178. The topological polar surface area (TPSA) is 91.8 Å². The maximum Gasteiger partial charge on any atom is 0.328 e. The maximum atomic E-state index is 13.2. The molecule has 6 nitrogen and oxygen atoms in total. The van der Waals surface area contributed by atoms with Gasteiger partial charge in [-0.1, -0.05) is 12.1 Å². The van der Waals surface area contributed by atoms with E-state index in [2.05, 4.69) is 10.3 Å². The average Bonchev–Trinajstić information content (AvgIpc) is 2.46. The van der Waals surface area contributed by atoms with Crippen molar-refractivity contribution in [2.75, 3.05) is 5.32 Å². The number of pyridine rings is 1. The fraction of sp³-hybridized carbons (Fsp3) is 0.143. The third kappa shape index (κ3) is 3.12. The molecule has 0 aliphatic heterocycles. The van der Waals surface area contributed by atoms with E-state index in [1.165, 1.54) is 24.4 Å². The second kappa shape index (κ2) is 5.96. The molecule has 0 amide bonds. The van der Waals surface area contributed by atoms with Crippen LogP contribution in [0.15, 0.2) is 36.5 Å². The van der Waals surface area contributed by atoms with Crippen LogP contribution in [0.4, 0.5) is 15.9 Å². The predicted octanol–water partition coefficient (Wildman–Crippen LogP) is 3.17. The van der Waals surface area contributed by atoms with Gasteiger partial charge in [-0.25, -0.2) is 9.37 Å². The van der Waals surface area contributed by atoms with Gasteiger partial charge in [0.2, 0.25) is 5.82 Å². The van der Waals surface area contributed by atoms with Crippen molar-refractivity contribution < 1.29 is 9.31 Å². The zero-order valence-corrected chi connectivity index (χ0v) is 11.1. The molecule has 0 aliphatic carbocycles. The average molecular weight is 286 g/mol. The van der Waals surface area contributed by atoms with Crippen LogP contribution in [0.2, 0.25) is 0 Å². The molecule has 0 aliphatic rings. The van der Waals surface area contributed by atoms with Gasteiger partial charge in [0, 0.05) is 6.20 Å². The summed E-state index contributed by atoms with van der Waals surface area (Å²) >= 11 is 0. The Morgan fingerprint density at radius 1 is 1.48 bits per heavy atom. The van der Waals surface area contributed by atoms with Crippen LogP contribution in [0.3, 0.4) is 0 Å². The summed E-state index contributed by atoms with van der Waals surface area (Å²) in [6.07, 6.45) is 1.31. The molecule has 2 aromatic rings. The standard InChI is InChI=1S/C14H11FN4O2/c1-9(10-3-2-4-12(15)7-10)18-14-13(19(20)21)11(8-16)5-6-17-14/h2-7,9H,1H3,(H,17,18). The highest BCUT2D eigenvalue weighted by Crippen LogP contribution is 2.29. The van der Waals surface area contributed by atoms with E-state index in [0.29, 0.717) is 5.56 Å². The van der Waals surface area contributed by atoms with Crippen molar-refractivity contribution in [1.82, 2.24) is 4.98 Å². The van der Waals surface area contributed by atoms with Crippen molar-refractivity contribution in [3.63, 3.8) is 0 Å². The van der Waals surface area contributed by atoms with Gasteiger partial charge in [-0.2, -0.15) is 5.26 Å². The molecule has 0 fully saturated rings. The van der Waals surface area contributed by atoms with E-state index < -0.39 is 16.8 Å². The Morgan fingerprint density at radius 2 is 2.24 bits per heavy atom. The van der Waals surface area contributed by atoms with E-state index in [0.717, 1.165) is 0 Å². The van der Waals surface area contributed by atoms with Crippen LogP contribution in [-0.2, 0) is 0 Å². The lowest BCUT2D eigenvalue weighted by molar-refractivity contribution is -0.384. The highest BCUT2D eigenvalue weighted by molar-refractivity contribution is 5.64. The van der Waals surface area contributed by atoms with Gasteiger partial charge in [-0.05, 0) is 30.7 Å². The molecule has 1 aromatic carbocycles. The summed E-state index contributed by atoms with van der Waals surface area (Å²) < 4.78 is 13.2. The predicted molar refractivity (Wildman–Crippen MR) is 74.0 cm³/mol. The second-order valence-corrected chi connectivity index (χ2v) is 4.35. The van der Waals surface area contributed by atoms with Gasteiger partial charge < -0.3 is 5.32 Å². The molecule has 0 spiro atoms. The number of halogens is 1. The monoisotopic (exact) mass is 286 g/mol. The summed E-state index contributed by atoms with van der Waals surface area (Å²) in [7, 11) is 0. The summed E-state index contributed by atoms with van der Waals surface area (Å²) in [5.41, 5.74) is 0.153. The van der Waals surface area contributed by atoms with Crippen molar-refractivity contribution in [3.05, 3.63) is 63.6 Å². The summed E-state index contributed by atoms with van der Waals surface area (Å²) in [4.78, 5) is 14.3. The van der Waals surface area contributed by atoms with E-state index in [1.54, 1.807) is 25.1 Å². The Balaban J connectivity index is 2.36. The molecular formula is C14H11FN4O2. The van der Waals surface area contributed by atoms with Gasteiger partial charge in [0.05, 0.1) is 11.0 Å². The number of rotatable bonds is 4. The highest BCUT2D eigenvalue weighted by atomic mass is 19.1. The molecule has 0 saturated heterocycles. The molecule has 0 saturated carbocycles. The number of nitrogens with one attached hydrogen (secondary N) is 1. The Hall–Kier alpha value is -3.01. The minimum atomic E-state index is -0.661. The molecule has 1 unspecified atom stereocenters. The fourth-order valence-electron chi connectivity index (χ4n) is 1.90. The summed E-state index contributed by atoms with van der Waals surface area (Å²) in [5.74, 6) is -0.412. The fourth-order valence-corrected chi connectivity index (χ4v) is 1.90. The molecule has 1 heterocycles. The lowest BCUT2D eigenvalue weighted by Crippen LogP contribution is -2.10. The lowest BCUT2D eigenvalue weighted by Gasteiger charge is -2.15. The van der Waals surface area contributed by atoms with Gasteiger partial charge in [0.1, 0.15) is 17.4 Å². The molecule has 0 radical (unpaired) electrons. The molecule has 7 heteroatoms. The Morgan fingerprint density at radius 3 is 2.86 bits per heavy atom. The maximum absolute atomic E-state index is 13.2. The first kappa shape index (κ1) is 14.4. The second-order valence-electron chi connectivity index (χ2n) is 4.35. The molecule has 0 bridgehead atoms. The van der Waals surface area contributed by atoms with Gasteiger partial charge >= 0.3 is 5.69 Å². The number of anilines is 1. The van der Waals surface area contributed by atoms with Crippen molar-refractivity contribution in [1.29, 1.82) is 5.26 Å². The molecule has 21 heavy (non-hydrogen) atoms. The Bertz CT molecular complexity index is 727. The van der Waals surface area contributed by atoms with Crippen molar-refractivity contribution in [2.24, 2.45) is 0 Å². The number of nitriles is 1. The number of nitrogens with zero attached hydrogens (tertiary/aromatic N) is 3. The molecule has 1 aromatic heterocycles. The van der Waals surface area contributed by atoms with Crippen molar-refractivity contribution in [2.45, 2.75) is 13.0 Å². The SMILES string of the molecule is CC(Nc1nccc(C#N)c1[N+](=O)[O-])c1cccc(F)c1. The number of benzene rings is 1. The summed E-state index contributed by atoms with van der Waals surface area (Å²) in [6.45, 7) is 1.72. The lowest BCUT2D eigenvalue weighted by atomic mass is 10.1. The van der Waals surface area contributed by atoms with E-state index in [4.69, 9.17) is 5.26 Å². The van der Waals surface area contributed by atoms with Gasteiger partial charge in [0.15, 0.2) is 0 Å². The minimum Gasteiger partial charge on any atom is -0.358 e. The molecule has 2 rings (SSSR count). The van der Waals surface area contributed by atoms with Gasteiger partial charge in [-0.3, -0.25) is 10.1 Å². The first-order valence-electron chi connectivity index (χ1n) is 6.08. The van der Waals surface area contributed by atoms with E-state index in [-0.39, 0.29) is 17.1 Å². The van der Waals surface area contributed by atoms with Crippen molar-refractivity contribution in [3.8, 4) is 6.07 Å². The first-order valence-corrected chi connectivity index (χ1v) is 6.08. The molecule has 1 N–H and O–H groups in total. The van der Waals surface area contributed by atoms with E-state index in [9.17, 15) is 14.5 Å². The quantitative estimate of drug-likeness (QED) is 0.688. The first-order chi connectivity index (χ1) is 10.0. The van der Waals surface area contributed by atoms with Crippen LogP contribution in [-0.4, -0.2) is 9.91 Å². The van der Waals surface area contributed by atoms with Crippen LogP contribution in [0.5, 0.6) is 0 Å². The van der Waals surface area contributed by atoms with Crippen LogP contribution in [0.25, 0.3) is 0 Å². The summed E-state index contributed by atoms with van der Waals surface area (Å²) in [5, 5.41) is 22.8. The Kier molecular flexibility index (Phi) is 4.09. The summed E-state index contributed by atoms with van der Waals surface area (Å²) in [6, 6.07) is 8.52. The van der Waals surface area contributed by atoms with Crippen LogP contribution in [0.1, 0.15) is 24.1 Å². The molecule has 106 valence electrons. The van der Waals surface area contributed by atoms with Crippen LogP contribution < -0.4 is 5.32 Å². The van der Waals surface area contributed by atoms with E-state index in [1.807, 2.05) is 0 Å².